The van der Waals surface area contributed by atoms with Gasteiger partial charge in [0.25, 0.3) is 5.91 Å². The monoisotopic (exact) mass is 509 g/mol. The summed E-state index contributed by atoms with van der Waals surface area (Å²) in [4.78, 5) is 29.5. The third kappa shape index (κ3) is 4.65. The fourth-order valence-corrected chi connectivity index (χ4v) is 8.34. The Morgan fingerprint density at radius 3 is 2.13 bits per heavy atom. The lowest BCUT2D eigenvalue weighted by atomic mass is 9.54. The van der Waals surface area contributed by atoms with Crippen LogP contribution in [0.2, 0.25) is 0 Å². The average molecular weight is 510 g/mol. The minimum atomic E-state index is 0.0703. The van der Waals surface area contributed by atoms with Gasteiger partial charge in [0.05, 0.1) is 0 Å². The summed E-state index contributed by atoms with van der Waals surface area (Å²) in [6.07, 6.45) is 13.5. The Labute approximate surface area is 225 Å². The number of aromatic nitrogens is 1. The number of carbonyl (C=O) groups excluding carboxylic acids is 2. The van der Waals surface area contributed by atoms with Gasteiger partial charge < -0.3 is 15.6 Å². The molecule has 198 valence electrons. The number of benzene rings is 2. The van der Waals surface area contributed by atoms with Crippen LogP contribution in [0.1, 0.15) is 81.0 Å². The Morgan fingerprint density at radius 1 is 0.763 bits per heavy atom. The molecule has 4 bridgehead atoms. The highest BCUT2D eigenvalue weighted by Crippen LogP contribution is 2.53. The van der Waals surface area contributed by atoms with Crippen LogP contribution in [0.15, 0.2) is 48.5 Å². The van der Waals surface area contributed by atoms with Gasteiger partial charge in [0.2, 0.25) is 5.91 Å². The van der Waals surface area contributed by atoms with Crippen LogP contribution in [0.25, 0.3) is 22.2 Å². The molecule has 1 aromatic heterocycles. The van der Waals surface area contributed by atoms with E-state index >= 15 is 0 Å². The molecule has 8 rings (SSSR count). The van der Waals surface area contributed by atoms with Crippen LogP contribution in [0.5, 0.6) is 0 Å². The number of hydrogen-bond acceptors (Lipinski definition) is 2. The number of amides is 2. The van der Waals surface area contributed by atoms with E-state index in [0.717, 1.165) is 70.9 Å². The molecular weight excluding hydrogens is 470 g/mol. The van der Waals surface area contributed by atoms with E-state index < -0.39 is 0 Å². The molecule has 2 amide bonds. The predicted molar refractivity (Wildman–Crippen MR) is 152 cm³/mol. The molecule has 1 heterocycles. The van der Waals surface area contributed by atoms with E-state index in [1.807, 2.05) is 42.5 Å². The lowest BCUT2D eigenvalue weighted by Crippen LogP contribution is -2.55. The second-order valence-corrected chi connectivity index (χ2v) is 12.7. The van der Waals surface area contributed by atoms with Crippen LogP contribution in [0.4, 0.5) is 5.69 Å². The SMILES string of the molecule is O=C(NC1C2C[C@H]3C[C@@H](C2)C[C@@H]1C3)c1ccc2[nH]c(-c3ccc(NC(=O)C4CCCCCC4)cc3)cc2c1. The maximum atomic E-state index is 13.3. The summed E-state index contributed by atoms with van der Waals surface area (Å²) in [6.45, 7) is 0. The Bertz CT molecular complexity index is 1300. The van der Waals surface area contributed by atoms with Gasteiger partial charge >= 0.3 is 0 Å². The molecule has 5 saturated carbocycles. The summed E-state index contributed by atoms with van der Waals surface area (Å²) in [7, 11) is 0. The van der Waals surface area contributed by atoms with Gasteiger partial charge in [-0.05, 0) is 111 Å². The number of carbonyl (C=O) groups is 2. The highest BCUT2D eigenvalue weighted by Gasteiger charge is 2.48. The van der Waals surface area contributed by atoms with E-state index in [9.17, 15) is 9.59 Å². The Balaban J connectivity index is 1.02. The van der Waals surface area contributed by atoms with Crippen molar-refractivity contribution in [3.8, 4) is 11.3 Å². The van der Waals surface area contributed by atoms with E-state index in [4.69, 9.17) is 0 Å². The molecule has 0 aliphatic heterocycles. The standard InChI is InChI=1S/C33H39N3O2/c37-32(23-5-3-1-2-4-6-23)34-28-10-7-22(8-11-28)30-19-25-18-24(9-12-29(25)35-30)33(38)36-31-26-14-20-13-21(16-26)17-27(31)15-20/h7-12,18-21,23,26-27,31,35H,1-6,13-17H2,(H,34,37)(H,36,38)/t20-,21+,26-,27?,31?. The largest absolute Gasteiger partial charge is 0.355 e. The van der Waals surface area contributed by atoms with Gasteiger partial charge in [0.15, 0.2) is 0 Å². The topological polar surface area (TPSA) is 74.0 Å². The number of fused-ring (bicyclic) bond motifs is 1. The first kappa shape index (κ1) is 24.0. The molecule has 0 saturated heterocycles. The summed E-state index contributed by atoms with van der Waals surface area (Å²) >= 11 is 0. The predicted octanol–water partition coefficient (Wildman–Crippen LogP) is 7.30. The van der Waals surface area contributed by atoms with Crippen LogP contribution in [0.3, 0.4) is 0 Å². The van der Waals surface area contributed by atoms with Crippen molar-refractivity contribution >= 4 is 28.4 Å². The summed E-state index contributed by atoms with van der Waals surface area (Å²) in [5.74, 6) is 3.54. The molecule has 0 atom stereocenters. The maximum Gasteiger partial charge on any atom is 0.251 e. The molecule has 3 aromatic rings. The van der Waals surface area contributed by atoms with E-state index in [2.05, 4.69) is 21.7 Å². The maximum absolute atomic E-state index is 13.3. The number of H-pyrrole nitrogens is 1. The lowest BCUT2D eigenvalue weighted by molar-refractivity contribution is -0.120. The van der Waals surface area contributed by atoms with Crippen molar-refractivity contribution in [1.82, 2.24) is 10.3 Å². The van der Waals surface area contributed by atoms with E-state index in [0.29, 0.717) is 17.9 Å². The molecule has 38 heavy (non-hydrogen) atoms. The van der Waals surface area contributed by atoms with Crippen LogP contribution >= 0.6 is 0 Å². The molecule has 3 N–H and O–H groups in total. The molecule has 0 spiro atoms. The van der Waals surface area contributed by atoms with Gasteiger partial charge in [-0.2, -0.15) is 0 Å². The van der Waals surface area contributed by atoms with Crippen LogP contribution in [-0.4, -0.2) is 22.8 Å². The minimum absolute atomic E-state index is 0.0703. The van der Waals surface area contributed by atoms with Gasteiger partial charge in [0, 0.05) is 39.8 Å². The van der Waals surface area contributed by atoms with Crippen LogP contribution in [0, 0.1) is 29.6 Å². The van der Waals surface area contributed by atoms with Crippen molar-refractivity contribution in [3.63, 3.8) is 0 Å². The van der Waals surface area contributed by atoms with E-state index in [1.54, 1.807) is 0 Å². The second kappa shape index (κ2) is 9.91. The molecule has 5 aliphatic rings. The van der Waals surface area contributed by atoms with E-state index in [-0.39, 0.29) is 17.7 Å². The molecule has 0 unspecified atom stereocenters. The summed E-state index contributed by atoms with van der Waals surface area (Å²) in [6, 6.07) is 16.5. The van der Waals surface area contributed by atoms with Crippen molar-refractivity contribution in [1.29, 1.82) is 0 Å². The number of rotatable bonds is 5. The number of aromatic amines is 1. The first-order valence-electron chi connectivity index (χ1n) is 14.9. The zero-order chi connectivity index (χ0) is 25.6. The Kier molecular flexibility index (Phi) is 6.25. The fourth-order valence-electron chi connectivity index (χ4n) is 8.34. The molecule has 2 aromatic carbocycles. The third-order valence-corrected chi connectivity index (χ3v) is 10.1. The zero-order valence-electron chi connectivity index (χ0n) is 22.2. The fraction of sp³-hybridized carbons (Fsp3) is 0.515. The van der Waals surface area contributed by atoms with E-state index in [1.165, 1.54) is 44.9 Å². The van der Waals surface area contributed by atoms with Gasteiger partial charge in [-0.25, -0.2) is 0 Å². The first-order chi connectivity index (χ1) is 18.6. The highest BCUT2D eigenvalue weighted by atomic mass is 16.2. The van der Waals surface area contributed by atoms with Crippen molar-refractivity contribution < 1.29 is 9.59 Å². The third-order valence-electron chi connectivity index (χ3n) is 10.1. The van der Waals surface area contributed by atoms with Crippen LogP contribution in [-0.2, 0) is 4.79 Å². The van der Waals surface area contributed by atoms with Crippen molar-refractivity contribution in [3.05, 3.63) is 54.1 Å². The smallest absolute Gasteiger partial charge is 0.251 e. The zero-order valence-corrected chi connectivity index (χ0v) is 22.2. The Hall–Kier alpha value is -3.08. The normalized spacial score (nSPS) is 28.8. The summed E-state index contributed by atoms with van der Waals surface area (Å²) in [5.41, 5.74) is 4.70. The quantitative estimate of drug-likeness (QED) is 0.316. The average Bonchev–Trinajstić information content (AvgIpc) is 3.15. The second-order valence-electron chi connectivity index (χ2n) is 12.7. The molecular formula is C33H39N3O2. The van der Waals surface area contributed by atoms with Crippen molar-refractivity contribution in [2.24, 2.45) is 29.6 Å². The highest BCUT2D eigenvalue weighted by molar-refractivity contribution is 5.99. The molecule has 5 nitrogen and oxygen atoms in total. The van der Waals surface area contributed by atoms with Gasteiger partial charge in [-0.1, -0.05) is 37.8 Å². The summed E-state index contributed by atoms with van der Waals surface area (Å²) in [5, 5.41) is 7.62. The summed E-state index contributed by atoms with van der Waals surface area (Å²) < 4.78 is 0. The number of nitrogens with one attached hydrogen (secondary N) is 3. The minimum Gasteiger partial charge on any atom is -0.355 e. The van der Waals surface area contributed by atoms with Crippen molar-refractivity contribution in [2.75, 3.05) is 5.32 Å². The number of hydrogen-bond donors (Lipinski definition) is 3. The first-order valence-corrected chi connectivity index (χ1v) is 14.9. The number of anilines is 1. The van der Waals surface area contributed by atoms with Crippen molar-refractivity contribution in [2.45, 2.75) is 76.7 Å². The molecule has 5 fully saturated rings. The molecule has 5 heteroatoms. The van der Waals surface area contributed by atoms with Crippen LogP contribution < -0.4 is 10.6 Å². The molecule has 5 aliphatic carbocycles. The molecule has 0 radical (unpaired) electrons. The lowest BCUT2D eigenvalue weighted by Gasteiger charge is -2.54. The Morgan fingerprint density at radius 2 is 1.45 bits per heavy atom. The van der Waals surface area contributed by atoms with Gasteiger partial charge in [-0.3, -0.25) is 9.59 Å². The van der Waals surface area contributed by atoms with Gasteiger partial charge in [0.1, 0.15) is 0 Å². The van der Waals surface area contributed by atoms with Gasteiger partial charge in [-0.15, -0.1) is 0 Å².